The Morgan fingerprint density at radius 3 is 2.71 bits per heavy atom. The van der Waals surface area contributed by atoms with E-state index >= 15 is 0 Å². The van der Waals surface area contributed by atoms with E-state index in [4.69, 9.17) is 0 Å². The molecule has 2 N–H and O–H groups in total. The van der Waals surface area contributed by atoms with Gasteiger partial charge in [-0.05, 0) is 37.5 Å². The monoisotopic (exact) mass is 470 g/mol. The van der Waals surface area contributed by atoms with E-state index in [0.29, 0.717) is 39.3 Å². The lowest BCUT2D eigenvalue weighted by atomic mass is 10.1. The summed E-state index contributed by atoms with van der Waals surface area (Å²) >= 11 is 0. The molecule has 3 aliphatic rings. The van der Waals surface area contributed by atoms with Gasteiger partial charge in [-0.25, -0.2) is 13.8 Å². The molecule has 2 saturated heterocycles. The number of piperazine rings is 1. The zero-order chi connectivity index (χ0) is 23.8. The van der Waals surface area contributed by atoms with Crippen molar-refractivity contribution in [2.24, 2.45) is 0 Å². The van der Waals surface area contributed by atoms with Gasteiger partial charge >= 0.3 is 0 Å². The predicted octanol–water partition coefficient (Wildman–Crippen LogP) is 2.35. The maximum Gasteiger partial charge on any atom is 0.254 e. The molecule has 0 saturated carbocycles. The van der Waals surface area contributed by atoms with Crippen LogP contribution in [-0.4, -0.2) is 67.0 Å². The molecule has 2 amide bonds. The number of nitrogens with zero attached hydrogens (tertiary/aromatic N) is 4. The Balaban J connectivity index is 1.23. The number of anilines is 3. The van der Waals surface area contributed by atoms with Gasteiger partial charge in [-0.3, -0.25) is 14.5 Å². The van der Waals surface area contributed by atoms with Crippen molar-refractivity contribution in [2.45, 2.75) is 32.4 Å². The number of amides is 2. The SMILES string of the molecule is CCNC(=O)c1cc(F)c(N2CCN(Cc3cnc4c(c3)NC(=O)C3CCCN43)CC2)cc1F. The number of benzene rings is 1. The second-order valence-electron chi connectivity index (χ2n) is 8.96. The third-order valence-electron chi connectivity index (χ3n) is 6.75. The highest BCUT2D eigenvalue weighted by Crippen LogP contribution is 2.35. The molecule has 2 fully saturated rings. The van der Waals surface area contributed by atoms with Crippen molar-refractivity contribution in [2.75, 3.05) is 54.4 Å². The first kappa shape index (κ1) is 22.5. The minimum atomic E-state index is -0.729. The molecule has 180 valence electrons. The highest BCUT2D eigenvalue weighted by Gasteiger charge is 2.37. The van der Waals surface area contributed by atoms with Crippen LogP contribution in [0.3, 0.4) is 0 Å². The fourth-order valence-electron chi connectivity index (χ4n) is 5.03. The van der Waals surface area contributed by atoms with E-state index in [9.17, 15) is 18.4 Å². The van der Waals surface area contributed by atoms with Gasteiger partial charge in [0.2, 0.25) is 5.91 Å². The van der Waals surface area contributed by atoms with Gasteiger partial charge in [0.15, 0.2) is 5.82 Å². The number of aromatic nitrogens is 1. The summed E-state index contributed by atoms with van der Waals surface area (Å²) in [4.78, 5) is 35.0. The summed E-state index contributed by atoms with van der Waals surface area (Å²) in [6.45, 7) is 5.95. The summed E-state index contributed by atoms with van der Waals surface area (Å²) in [6.07, 6.45) is 3.70. The quantitative estimate of drug-likeness (QED) is 0.699. The average molecular weight is 471 g/mol. The molecule has 0 aliphatic carbocycles. The number of nitrogens with one attached hydrogen (secondary N) is 2. The van der Waals surface area contributed by atoms with Crippen LogP contribution in [0.2, 0.25) is 0 Å². The summed E-state index contributed by atoms with van der Waals surface area (Å²) in [5.41, 5.74) is 1.63. The first-order chi connectivity index (χ1) is 16.4. The largest absolute Gasteiger partial charge is 0.367 e. The molecule has 1 unspecified atom stereocenters. The molecule has 3 aliphatic heterocycles. The Hall–Kier alpha value is -3.27. The summed E-state index contributed by atoms with van der Waals surface area (Å²) < 4.78 is 29.2. The zero-order valence-electron chi connectivity index (χ0n) is 19.1. The molecule has 34 heavy (non-hydrogen) atoms. The fraction of sp³-hybridized carbons (Fsp3) is 0.458. The standard InChI is InChI=1S/C24H28F2N6O2/c1-2-27-23(33)16-11-18(26)21(12-17(16)25)31-8-6-30(7-9-31)14-15-10-19-22(28-13-15)32-5-3-4-20(32)24(34)29-19/h10-13,20H,2-9,14H2,1H3,(H,27,33)(H,29,34). The van der Waals surface area contributed by atoms with E-state index in [2.05, 4.69) is 25.4 Å². The molecule has 8 nitrogen and oxygen atoms in total. The summed E-state index contributed by atoms with van der Waals surface area (Å²) in [6, 6.07) is 3.95. The highest BCUT2D eigenvalue weighted by atomic mass is 19.1. The maximum absolute atomic E-state index is 14.7. The van der Waals surface area contributed by atoms with Crippen molar-refractivity contribution in [3.63, 3.8) is 0 Å². The van der Waals surface area contributed by atoms with Crippen LogP contribution in [0.15, 0.2) is 24.4 Å². The smallest absolute Gasteiger partial charge is 0.254 e. The lowest BCUT2D eigenvalue weighted by Crippen LogP contribution is -2.46. The Bertz CT molecular complexity index is 1120. The Morgan fingerprint density at radius 1 is 1.15 bits per heavy atom. The van der Waals surface area contributed by atoms with Crippen LogP contribution in [0.4, 0.5) is 26.0 Å². The van der Waals surface area contributed by atoms with Crippen molar-refractivity contribution in [3.05, 3.63) is 47.2 Å². The molecule has 0 spiro atoms. The fourth-order valence-corrected chi connectivity index (χ4v) is 5.03. The normalized spacial score (nSPS) is 20.1. The first-order valence-corrected chi connectivity index (χ1v) is 11.8. The summed E-state index contributed by atoms with van der Waals surface area (Å²) in [5.74, 6) is -1.09. The average Bonchev–Trinajstić information content (AvgIpc) is 3.32. The second-order valence-corrected chi connectivity index (χ2v) is 8.96. The van der Waals surface area contributed by atoms with Crippen LogP contribution in [-0.2, 0) is 11.3 Å². The molecule has 10 heteroatoms. The number of pyridine rings is 1. The van der Waals surface area contributed by atoms with Crippen LogP contribution in [0.1, 0.15) is 35.7 Å². The Labute approximate surface area is 196 Å². The highest BCUT2D eigenvalue weighted by molar-refractivity contribution is 6.03. The van der Waals surface area contributed by atoms with E-state index in [1.54, 1.807) is 11.8 Å². The van der Waals surface area contributed by atoms with Gasteiger partial charge < -0.3 is 20.4 Å². The van der Waals surface area contributed by atoms with E-state index in [0.717, 1.165) is 48.6 Å². The minimum Gasteiger partial charge on any atom is -0.367 e. The summed E-state index contributed by atoms with van der Waals surface area (Å²) in [5, 5.41) is 5.49. The zero-order valence-corrected chi connectivity index (χ0v) is 19.1. The van der Waals surface area contributed by atoms with E-state index < -0.39 is 17.5 Å². The number of hydrogen-bond acceptors (Lipinski definition) is 6. The molecule has 0 radical (unpaired) electrons. The topological polar surface area (TPSA) is 80.8 Å². The summed E-state index contributed by atoms with van der Waals surface area (Å²) in [7, 11) is 0. The third kappa shape index (κ3) is 4.18. The van der Waals surface area contributed by atoms with Gasteiger partial charge in [0.25, 0.3) is 5.91 Å². The molecule has 2 aromatic rings. The van der Waals surface area contributed by atoms with Crippen molar-refractivity contribution in [1.82, 2.24) is 15.2 Å². The Kier molecular flexibility index (Phi) is 6.07. The molecular formula is C24H28F2N6O2. The number of halogens is 2. The molecule has 1 atom stereocenters. The van der Waals surface area contributed by atoms with E-state index in [1.807, 2.05) is 12.3 Å². The number of carbonyl (C=O) groups is 2. The van der Waals surface area contributed by atoms with Crippen LogP contribution >= 0.6 is 0 Å². The van der Waals surface area contributed by atoms with Gasteiger partial charge in [-0.1, -0.05) is 0 Å². The number of hydrogen-bond donors (Lipinski definition) is 2. The van der Waals surface area contributed by atoms with Crippen LogP contribution in [0.25, 0.3) is 0 Å². The third-order valence-corrected chi connectivity index (χ3v) is 6.75. The van der Waals surface area contributed by atoms with Crippen LogP contribution in [0.5, 0.6) is 0 Å². The van der Waals surface area contributed by atoms with Gasteiger partial charge in [0.05, 0.1) is 16.9 Å². The molecule has 1 aromatic heterocycles. The van der Waals surface area contributed by atoms with Crippen molar-refractivity contribution in [3.8, 4) is 0 Å². The van der Waals surface area contributed by atoms with Crippen molar-refractivity contribution < 1.29 is 18.4 Å². The van der Waals surface area contributed by atoms with Crippen molar-refractivity contribution in [1.29, 1.82) is 0 Å². The lowest BCUT2D eigenvalue weighted by Gasteiger charge is -2.36. The number of rotatable bonds is 5. The van der Waals surface area contributed by atoms with Crippen LogP contribution in [0, 0.1) is 11.6 Å². The molecule has 4 heterocycles. The van der Waals surface area contributed by atoms with Gasteiger partial charge in [-0.15, -0.1) is 0 Å². The Morgan fingerprint density at radius 2 is 1.94 bits per heavy atom. The van der Waals surface area contributed by atoms with Crippen LogP contribution < -0.4 is 20.4 Å². The second kappa shape index (κ2) is 9.17. The number of carbonyl (C=O) groups excluding carboxylic acids is 2. The molecule has 1 aromatic carbocycles. The number of fused-ring (bicyclic) bond motifs is 3. The molecule has 5 rings (SSSR count). The first-order valence-electron chi connectivity index (χ1n) is 11.8. The van der Waals surface area contributed by atoms with Gasteiger partial charge in [0, 0.05) is 58.1 Å². The van der Waals surface area contributed by atoms with E-state index in [1.165, 1.54) is 0 Å². The van der Waals surface area contributed by atoms with Gasteiger partial charge in [-0.2, -0.15) is 0 Å². The van der Waals surface area contributed by atoms with Gasteiger partial charge in [0.1, 0.15) is 17.7 Å². The van der Waals surface area contributed by atoms with E-state index in [-0.39, 0.29) is 23.2 Å². The molecule has 0 bridgehead atoms. The minimum absolute atomic E-state index is 0.0324. The maximum atomic E-state index is 14.7. The molecular weight excluding hydrogens is 442 g/mol. The predicted molar refractivity (Wildman–Crippen MR) is 125 cm³/mol. The lowest BCUT2D eigenvalue weighted by molar-refractivity contribution is -0.117. The van der Waals surface area contributed by atoms with Crippen molar-refractivity contribution >= 4 is 29.0 Å².